The Morgan fingerprint density at radius 1 is 1.12 bits per heavy atom. The van der Waals surface area contributed by atoms with Gasteiger partial charge in [-0.25, -0.2) is 0 Å². The topological polar surface area (TPSA) is 34.6 Å². The third kappa shape index (κ3) is 4.20. The van der Waals surface area contributed by atoms with E-state index in [-0.39, 0.29) is 0 Å². The summed E-state index contributed by atoms with van der Waals surface area (Å²) in [5.41, 5.74) is 8.68. The van der Waals surface area contributed by atoms with E-state index in [2.05, 4.69) is 64.5 Å². The second kappa shape index (κ2) is 9.01. The van der Waals surface area contributed by atoms with Crippen LogP contribution in [0.15, 0.2) is 30.5 Å². The molecule has 4 heterocycles. The number of nitrogens with zero attached hydrogens (tertiary/aromatic N) is 4. The largest absolute Gasteiger partial charge is 0.368 e. The van der Waals surface area contributed by atoms with Crippen molar-refractivity contribution in [3.8, 4) is 0 Å². The molecule has 2 aromatic rings. The molecule has 4 aliphatic rings. The molecular formula is C28H39N5. The molecule has 6 rings (SSSR count). The number of pyridine rings is 1. The minimum atomic E-state index is 0.447. The molecule has 0 bridgehead atoms. The van der Waals surface area contributed by atoms with Crippen LogP contribution < -0.4 is 10.2 Å². The van der Waals surface area contributed by atoms with Crippen LogP contribution in [-0.4, -0.2) is 66.6 Å². The summed E-state index contributed by atoms with van der Waals surface area (Å²) < 4.78 is 0. The first kappa shape index (κ1) is 21.6. The van der Waals surface area contributed by atoms with Gasteiger partial charge in [-0.15, -0.1) is 0 Å². The average molecular weight is 446 g/mol. The second-order valence-electron chi connectivity index (χ2n) is 10.9. The quantitative estimate of drug-likeness (QED) is 0.776. The summed E-state index contributed by atoms with van der Waals surface area (Å²) in [6.45, 7) is 9.14. The molecule has 3 aliphatic heterocycles. The van der Waals surface area contributed by atoms with E-state index in [0.29, 0.717) is 12.1 Å². The van der Waals surface area contributed by atoms with E-state index in [0.717, 1.165) is 25.6 Å². The highest BCUT2D eigenvalue weighted by Gasteiger charge is 2.33. The van der Waals surface area contributed by atoms with E-state index >= 15 is 0 Å². The van der Waals surface area contributed by atoms with Crippen LogP contribution in [0.25, 0.3) is 0 Å². The lowest BCUT2D eigenvalue weighted by molar-refractivity contribution is 0.190. The molecule has 176 valence electrons. The Kier molecular flexibility index (Phi) is 5.89. The monoisotopic (exact) mass is 445 g/mol. The van der Waals surface area contributed by atoms with Crippen LogP contribution in [0.3, 0.4) is 0 Å². The number of aromatic nitrogens is 1. The molecule has 2 saturated heterocycles. The van der Waals surface area contributed by atoms with Crippen LogP contribution in [0.1, 0.15) is 59.7 Å². The molecule has 0 unspecified atom stereocenters. The maximum absolute atomic E-state index is 4.88. The van der Waals surface area contributed by atoms with Gasteiger partial charge in [0.05, 0.1) is 11.7 Å². The Hall–Kier alpha value is -1.95. The number of aryl methyl sites for hydroxylation is 2. The Labute approximate surface area is 199 Å². The molecule has 1 aromatic carbocycles. The average Bonchev–Trinajstić information content (AvgIpc) is 3.31. The van der Waals surface area contributed by atoms with Gasteiger partial charge < -0.3 is 10.2 Å². The fraction of sp³-hybridized carbons (Fsp3) is 0.607. The number of fused-ring (bicyclic) bond motifs is 3. The van der Waals surface area contributed by atoms with Crippen LogP contribution in [0.2, 0.25) is 0 Å². The van der Waals surface area contributed by atoms with Crippen LogP contribution in [0.4, 0.5) is 5.69 Å². The van der Waals surface area contributed by atoms with Crippen LogP contribution in [0, 0.1) is 6.92 Å². The summed E-state index contributed by atoms with van der Waals surface area (Å²) >= 11 is 0. The maximum Gasteiger partial charge on any atom is 0.0607 e. The van der Waals surface area contributed by atoms with Gasteiger partial charge in [-0.3, -0.25) is 14.8 Å². The molecule has 2 fully saturated rings. The number of piperazine rings is 1. The fourth-order valence-corrected chi connectivity index (χ4v) is 6.90. The lowest BCUT2D eigenvalue weighted by Crippen LogP contribution is -2.51. The Morgan fingerprint density at radius 3 is 3.00 bits per heavy atom. The third-order valence-corrected chi connectivity index (χ3v) is 8.63. The van der Waals surface area contributed by atoms with Gasteiger partial charge >= 0.3 is 0 Å². The predicted octanol–water partition coefficient (Wildman–Crippen LogP) is 3.70. The minimum Gasteiger partial charge on any atom is -0.368 e. The van der Waals surface area contributed by atoms with Gasteiger partial charge in [-0.05, 0) is 87.4 Å². The van der Waals surface area contributed by atoms with Crippen molar-refractivity contribution in [2.45, 2.75) is 70.1 Å². The molecule has 33 heavy (non-hydrogen) atoms. The summed E-state index contributed by atoms with van der Waals surface area (Å²) in [4.78, 5) is 12.9. The smallest absolute Gasteiger partial charge is 0.0607 e. The zero-order valence-electron chi connectivity index (χ0n) is 20.4. The lowest BCUT2D eigenvalue weighted by atomic mass is 9.89. The molecule has 0 radical (unpaired) electrons. The molecule has 5 nitrogen and oxygen atoms in total. The van der Waals surface area contributed by atoms with Crippen molar-refractivity contribution < 1.29 is 0 Å². The van der Waals surface area contributed by atoms with Gasteiger partial charge in [0, 0.05) is 56.7 Å². The standard InChI is InChI=1S/C28H39N5/c1-20-14-21-6-3-10-27(28(21)30-16-20)31(2)18-23-15-25-22(17-29-23)7-4-9-26(25)33-13-12-32-11-5-8-24(32)19-33/h4,7,9,14,16,23-24,27,29H,3,5-6,8,10-13,15,17-19H2,1-2H3/t23-,24+,27+/m1/s1. The highest BCUT2D eigenvalue weighted by Crippen LogP contribution is 2.35. The molecule has 1 N–H and O–H groups in total. The number of benzene rings is 1. The van der Waals surface area contributed by atoms with Crippen molar-refractivity contribution in [3.63, 3.8) is 0 Å². The van der Waals surface area contributed by atoms with Crippen LogP contribution >= 0.6 is 0 Å². The Morgan fingerprint density at radius 2 is 2.06 bits per heavy atom. The van der Waals surface area contributed by atoms with Crippen molar-refractivity contribution in [2.75, 3.05) is 44.7 Å². The van der Waals surface area contributed by atoms with E-state index in [1.807, 2.05) is 0 Å². The van der Waals surface area contributed by atoms with Gasteiger partial charge in [0.2, 0.25) is 0 Å². The van der Waals surface area contributed by atoms with Crippen molar-refractivity contribution in [1.82, 2.24) is 20.1 Å². The third-order valence-electron chi connectivity index (χ3n) is 8.63. The molecule has 0 spiro atoms. The molecule has 0 amide bonds. The SMILES string of the molecule is Cc1cnc2c(c1)CCC[C@@H]2N(C)C[C@H]1Cc2c(cccc2N2CCN3CCC[C@H]3C2)CN1. The first-order valence-corrected chi connectivity index (χ1v) is 13.1. The predicted molar refractivity (Wildman–Crippen MR) is 135 cm³/mol. The minimum absolute atomic E-state index is 0.447. The number of anilines is 1. The summed E-state index contributed by atoms with van der Waals surface area (Å²) in [7, 11) is 2.31. The molecule has 1 aromatic heterocycles. The number of likely N-dealkylation sites (N-methyl/N-ethyl adjacent to an activating group) is 1. The summed E-state index contributed by atoms with van der Waals surface area (Å²) in [6, 6.07) is 11.1. The molecule has 0 saturated carbocycles. The number of hydrogen-bond acceptors (Lipinski definition) is 5. The van der Waals surface area contributed by atoms with E-state index in [1.54, 1.807) is 5.56 Å². The Bertz CT molecular complexity index is 1000. The lowest BCUT2D eigenvalue weighted by Gasteiger charge is -2.41. The zero-order valence-corrected chi connectivity index (χ0v) is 20.4. The summed E-state index contributed by atoms with van der Waals surface area (Å²) in [5.74, 6) is 0. The van der Waals surface area contributed by atoms with Gasteiger partial charge in [-0.1, -0.05) is 18.2 Å². The van der Waals surface area contributed by atoms with E-state index in [1.165, 1.54) is 86.4 Å². The van der Waals surface area contributed by atoms with Crippen molar-refractivity contribution in [1.29, 1.82) is 0 Å². The normalized spacial score (nSPS) is 27.4. The first-order chi connectivity index (χ1) is 16.2. The molecule has 1 aliphatic carbocycles. The molecular weight excluding hydrogens is 406 g/mol. The van der Waals surface area contributed by atoms with Crippen molar-refractivity contribution in [3.05, 3.63) is 58.4 Å². The highest BCUT2D eigenvalue weighted by atomic mass is 15.3. The number of nitrogens with one attached hydrogen (secondary N) is 1. The maximum atomic E-state index is 4.88. The molecule has 5 heteroatoms. The van der Waals surface area contributed by atoms with E-state index < -0.39 is 0 Å². The number of hydrogen-bond donors (Lipinski definition) is 1. The zero-order chi connectivity index (χ0) is 22.4. The fourth-order valence-electron chi connectivity index (χ4n) is 6.90. The van der Waals surface area contributed by atoms with Crippen LogP contribution in [-0.2, 0) is 19.4 Å². The van der Waals surface area contributed by atoms with Gasteiger partial charge in [0.25, 0.3) is 0 Å². The van der Waals surface area contributed by atoms with Gasteiger partial charge in [0.15, 0.2) is 0 Å². The number of rotatable bonds is 4. The highest BCUT2D eigenvalue weighted by molar-refractivity contribution is 5.58. The second-order valence-corrected chi connectivity index (χ2v) is 10.9. The summed E-state index contributed by atoms with van der Waals surface area (Å²) in [6.07, 6.45) is 9.60. The van der Waals surface area contributed by atoms with E-state index in [4.69, 9.17) is 4.98 Å². The van der Waals surface area contributed by atoms with Crippen molar-refractivity contribution >= 4 is 5.69 Å². The van der Waals surface area contributed by atoms with Gasteiger partial charge in [-0.2, -0.15) is 0 Å². The Balaban J connectivity index is 1.17. The van der Waals surface area contributed by atoms with Gasteiger partial charge in [0.1, 0.15) is 0 Å². The van der Waals surface area contributed by atoms with Crippen LogP contribution in [0.5, 0.6) is 0 Å². The summed E-state index contributed by atoms with van der Waals surface area (Å²) in [5, 5.41) is 3.86. The first-order valence-electron chi connectivity index (χ1n) is 13.1. The molecule has 3 atom stereocenters. The van der Waals surface area contributed by atoms with Crippen molar-refractivity contribution in [2.24, 2.45) is 0 Å². The van der Waals surface area contributed by atoms with E-state index in [9.17, 15) is 0 Å².